The van der Waals surface area contributed by atoms with Crippen molar-refractivity contribution in [2.24, 2.45) is 50.7 Å². The SMILES string of the molecule is CC(=O)OC1CC2(C)C3CCC4C(C)(C)C(OC(C)=O)CCC45CC35CCC2(C)C1C(C)CCC(OC(C)=O)C(C)(C)OC(C)=O. The van der Waals surface area contributed by atoms with Crippen LogP contribution in [0.25, 0.3) is 0 Å². The molecule has 46 heavy (non-hydrogen) atoms. The number of hydrogen-bond donors (Lipinski definition) is 0. The van der Waals surface area contributed by atoms with E-state index in [1.807, 2.05) is 0 Å². The van der Waals surface area contributed by atoms with Gasteiger partial charge in [-0.25, -0.2) is 0 Å². The van der Waals surface area contributed by atoms with Crippen LogP contribution in [0.3, 0.4) is 0 Å². The maximum Gasteiger partial charge on any atom is 0.303 e. The molecule has 8 nitrogen and oxygen atoms in total. The van der Waals surface area contributed by atoms with Gasteiger partial charge in [-0.1, -0.05) is 34.6 Å². The average Bonchev–Trinajstić information content (AvgIpc) is 3.51. The van der Waals surface area contributed by atoms with Gasteiger partial charge in [0.1, 0.15) is 23.9 Å². The summed E-state index contributed by atoms with van der Waals surface area (Å²) < 4.78 is 23.5. The molecule has 0 N–H and O–H groups in total. The minimum atomic E-state index is -0.959. The van der Waals surface area contributed by atoms with Crippen LogP contribution in [0.5, 0.6) is 0 Å². The smallest absolute Gasteiger partial charge is 0.303 e. The van der Waals surface area contributed by atoms with Gasteiger partial charge in [0.2, 0.25) is 0 Å². The Hall–Kier alpha value is -2.12. The monoisotopic (exact) mass is 644 g/mol. The molecule has 5 saturated carbocycles. The molecule has 0 heterocycles. The molecule has 5 aliphatic rings. The maximum atomic E-state index is 12.6. The molecule has 0 aromatic carbocycles. The van der Waals surface area contributed by atoms with Crippen LogP contribution in [0, 0.1) is 50.7 Å². The van der Waals surface area contributed by atoms with Crippen molar-refractivity contribution in [2.45, 2.75) is 164 Å². The fourth-order valence-corrected chi connectivity index (χ4v) is 12.9. The molecule has 11 atom stereocenters. The van der Waals surface area contributed by atoms with E-state index in [0.717, 1.165) is 44.9 Å². The number of ether oxygens (including phenoxy) is 4. The van der Waals surface area contributed by atoms with Gasteiger partial charge in [0.15, 0.2) is 0 Å². The summed E-state index contributed by atoms with van der Waals surface area (Å²) in [6.07, 6.45) is 9.35. The summed E-state index contributed by atoms with van der Waals surface area (Å²) in [6.45, 7) is 21.3. The van der Waals surface area contributed by atoms with E-state index < -0.39 is 23.6 Å². The highest BCUT2D eigenvalue weighted by Crippen LogP contribution is 2.89. The van der Waals surface area contributed by atoms with Crippen LogP contribution in [0.1, 0.15) is 140 Å². The number of rotatable bonds is 9. The number of esters is 4. The van der Waals surface area contributed by atoms with Crippen LogP contribution >= 0.6 is 0 Å². The van der Waals surface area contributed by atoms with Crippen LogP contribution in [-0.2, 0) is 38.1 Å². The van der Waals surface area contributed by atoms with Crippen molar-refractivity contribution in [3.05, 3.63) is 0 Å². The molecule has 0 aromatic rings. The predicted molar refractivity (Wildman–Crippen MR) is 173 cm³/mol. The summed E-state index contributed by atoms with van der Waals surface area (Å²) >= 11 is 0. The summed E-state index contributed by atoms with van der Waals surface area (Å²) in [5.41, 5.74) is -0.408. The van der Waals surface area contributed by atoms with Gasteiger partial charge >= 0.3 is 23.9 Å². The van der Waals surface area contributed by atoms with E-state index in [1.54, 1.807) is 13.8 Å². The van der Waals surface area contributed by atoms with Crippen LogP contribution < -0.4 is 0 Å². The average molecular weight is 645 g/mol. The molecule has 0 aromatic heterocycles. The molecule has 0 radical (unpaired) electrons. The molecule has 260 valence electrons. The van der Waals surface area contributed by atoms with Gasteiger partial charge in [-0.15, -0.1) is 0 Å². The third kappa shape index (κ3) is 5.30. The molecule has 0 bridgehead atoms. The zero-order chi connectivity index (χ0) is 34.3. The first kappa shape index (κ1) is 35.2. The molecule has 0 saturated heterocycles. The third-order valence-corrected chi connectivity index (χ3v) is 14.7. The van der Waals surface area contributed by atoms with Crippen molar-refractivity contribution in [3.63, 3.8) is 0 Å². The van der Waals surface area contributed by atoms with E-state index in [4.69, 9.17) is 18.9 Å². The van der Waals surface area contributed by atoms with E-state index in [2.05, 4.69) is 34.6 Å². The molecular weight excluding hydrogens is 584 g/mol. The van der Waals surface area contributed by atoms with E-state index in [9.17, 15) is 19.2 Å². The normalized spacial score (nSPS) is 41.8. The number of hydrogen-bond acceptors (Lipinski definition) is 8. The first-order chi connectivity index (χ1) is 21.2. The molecule has 8 heteroatoms. The van der Waals surface area contributed by atoms with E-state index in [-0.39, 0.29) is 52.2 Å². The molecule has 11 unspecified atom stereocenters. The summed E-state index contributed by atoms with van der Waals surface area (Å²) in [6, 6.07) is 0. The standard InChI is InChI=1S/C38H60O8/c1-22(12-15-31(45-25(4)41)34(8,9)46-26(5)42)32-27(43-23(2)39)20-36(11)29-14-13-28-33(6,7)30(44-24(3)40)16-17-37(28)21-38(29,37)19-18-35(32,36)10/h22,27-32H,12-21H2,1-11H3. The lowest BCUT2D eigenvalue weighted by molar-refractivity contribution is -0.183. The minimum Gasteiger partial charge on any atom is -0.462 e. The topological polar surface area (TPSA) is 105 Å². The van der Waals surface area contributed by atoms with Gasteiger partial charge in [-0.2, -0.15) is 0 Å². The number of carbonyl (C=O) groups excluding carboxylic acids is 4. The molecule has 2 spiro atoms. The highest BCUT2D eigenvalue weighted by Gasteiger charge is 2.83. The van der Waals surface area contributed by atoms with E-state index in [0.29, 0.717) is 29.1 Å². The number of carbonyl (C=O) groups is 4. The molecular formula is C38H60O8. The van der Waals surface area contributed by atoms with E-state index in [1.165, 1.54) is 40.5 Å². The zero-order valence-electron chi connectivity index (χ0n) is 30.4. The molecule has 5 rings (SSSR count). The Morgan fingerprint density at radius 3 is 1.93 bits per heavy atom. The highest BCUT2D eigenvalue weighted by atomic mass is 16.6. The second-order valence-electron chi connectivity index (χ2n) is 17.7. The molecule has 0 amide bonds. The first-order valence-corrected chi connectivity index (χ1v) is 17.9. The Morgan fingerprint density at radius 2 is 1.35 bits per heavy atom. The van der Waals surface area contributed by atoms with Crippen molar-refractivity contribution in [2.75, 3.05) is 0 Å². The van der Waals surface area contributed by atoms with Gasteiger partial charge in [0, 0.05) is 39.0 Å². The minimum absolute atomic E-state index is 0.0158. The van der Waals surface area contributed by atoms with Crippen molar-refractivity contribution >= 4 is 23.9 Å². The Bertz CT molecular complexity index is 1250. The fourth-order valence-electron chi connectivity index (χ4n) is 12.9. The highest BCUT2D eigenvalue weighted by molar-refractivity contribution is 5.68. The van der Waals surface area contributed by atoms with Crippen LogP contribution in [-0.4, -0.2) is 47.8 Å². The quantitative estimate of drug-likeness (QED) is 0.187. The van der Waals surface area contributed by atoms with Gasteiger partial charge in [0.05, 0.1) is 0 Å². The van der Waals surface area contributed by atoms with Gasteiger partial charge in [-0.05, 0) is 117 Å². The lowest BCUT2D eigenvalue weighted by Gasteiger charge is -2.63. The van der Waals surface area contributed by atoms with Gasteiger partial charge < -0.3 is 18.9 Å². The lowest BCUT2D eigenvalue weighted by Crippen LogP contribution is -2.58. The Kier molecular flexibility index (Phi) is 8.80. The summed E-state index contributed by atoms with van der Waals surface area (Å²) in [7, 11) is 0. The lowest BCUT2D eigenvalue weighted by atomic mass is 9.41. The zero-order valence-corrected chi connectivity index (χ0v) is 30.4. The van der Waals surface area contributed by atoms with Crippen molar-refractivity contribution < 1.29 is 38.1 Å². The molecule has 5 fully saturated rings. The van der Waals surface area contributed by atoms with Gasteiger partial charge in [-0.3, -0.25) is 19.2 Å². The summed E-state index contributed by atoms with van der Waals surface area (Å²) in [5, 5.41) is 0. The van der Waals surface area contributed by atoms with Crippen molar-refractivity contribution in [1.29, 1.82) is 0 Å². The van der Waals surface area contributed by atoms with Crippen molar-refractivity contribution in [3.8, 4) is 0 Å². The van der Waals surface area contributed by atoms with Crippen LogP contribution in [0.4, 0.5) is 0 Å². The second-order valence-corrected chi connectivity index (χ2v) is 17.7. The third-order valence-electron chi connectivity index (χ3n) is 14.7. The predicted octanol–water partition coefficient (Wildman–Crippen LogP) is 7.59. The van der Waals surface area contributed by atoms with Crippen molar-refractivity contribution in [1.82, 2.24) is 0 Å². The van der Waals surface area contributed by atoms with Gasteiger partial charge in [0.25, 0.3) is 0 Å². The van der Waals surface area contributed by atoms with E-state index >= 15 is 0 Å². The van der Waals surface area contributed by atoms with Crippen LogP contribution in [0.2, 0.25) is 0 Å². The molecule has 0 aliphatic heterocycles. The maximum absolute atomic E-state index is 12.6. The fraction of sp³-hybridized carbons (Fsp3) is 0.895. The largest absolute Gasteiger partial charge is 0.462 e. The molecule has 5 aliphatic carbocycles. The van der Waals surface area contributed by atoms with Crippen LogP contribution in [0.15, 0.2) is 0 Å². The summed E-state index contributed by atoms with van der Waals surface area (Å²) in [5.74, 6) is 0.254. The second kappa shape index (κ2) is 11.5. The first-order valence-electron chi connectivity index (χ1n) is 17.9. The Morgan fingerprint density at radius 1 is 0.739 bits per heavy atom. The number of fused-ring (bicyclic) bond motifs is 2. The summed E-state index contributed by atoms with van der Waals surface area (Å²) in [4.78, 5) is 48.5. The Labute approximate surface area is 276 Å². The Balaban J connectivity index is 1.41.